The normalized spacial score (nSPS) is 11.2. The Morgan fingerprint density at radius 3 is 2.05 bits per heavy atom. The average molecular weight is 563 g/mol. The molecule has 0 saturated carbocycles. The van der Waals surface area contributed by atoms with E-state index >= 15 is 0 Å². The van der Waals surface area contributed by atoms with Gasteiger partial charge in [-0.25, -0.2) is 8.42 Å². The van der Waals surface area contributed by atoms with Crippen molar-refractivity contribution >= 4 is 67.3 Å². The zero-order valence-corrected chi connectivity index (χ0v) is 22.8. The number of amides is 3. The zero-order chi connectivity index (χ0) is 27.0. The van der Waals surface area contributed by atoms with Crippen LogP contribution in [-0.2, 0) is 19.6 Å². The van der Waals surface area contributed by atoms with Crippen LogP contribution in [0, 0.1) is 0 Å². The fourth-order valence-electron chi connectivity index (χ4n) is 3.14. The van der Waals surface area contributed by atoms with E-state index in [4.69, 9.17) is 0 Å². The minimum atomic E-state index is -3.61. The van der Waals surface area contributed by atoms with Gasteiger partial charge in [0.1, 0.15) is 0 Å². The van der Waals surface area contributed by atoms with Gasteiger partial charge in [-0.3, -0.25) is 19.7 Å². The third kappa shape index (κ3) is 7.82. The van der Waals surface area contributed by atoms with Gasteiger partial charge in [-0.2, -0.15) is 4.31 Å². The number of carbonyl (C=O) groups excluding carboxylic acids is 3. The quantitative estimate of drug-likeness (QED) is 0.237. The fourth-order valence-corrected chi connectivity index (χ4v) is 6.15. The van der Waals surface area contributed by atoms with Crippen molar-refractivity contribution in [3.63, 3.8) is 0 Å². The number of aromatic nitrogens is 2. The standard InChI is InChI=1S/C23H26N6O5S3/c1-4-29(5-2)37(33,34)19-12-6-16(7-13-19)21(32)26-22-27-28-23(36-22)35-14-20(31)25-18-10-8-17(9-11-18)24-15(3)30/h6-13H,4-5,14H2,1-3H3,(H,24,30)(H,25,31)(H,26,27,32). The van der Waals surface area contributed by atoms with Crippen LogP contribution in [0.5, 0.6) is 0 Å². The molecule has 0 unspecified atom stereocenters. The molecule has 196 valence electrons. The third-order valence-corrected chi connectivity index (χ3v) is 8.94. The SMILES string of the molecule is CCN(CC)S(=O)(=O)c1ccc(C(=O)Nc2nnc(SCC(=O)Nc3ccc(NC(C)=O)cc3)s2)cc1. The maximum Gasteiger partial charge on any atom is 0.257 e. The summed E-state index contributed by atoms with van der Waals surface area (Å²) in [6.07, 6.45) is 0. The minimum absolute atomic E-state index is 0.0818. The van der Waals surface area contributed by atoms with E-state index in [1.54, 1.807) is 38.1 Å². The molecule has 0 atom stereocenters. The van der Waals surface area contributed by atoms with E-state index in [1.807, 2.05) is 0 Å². The first-order valence-electron chi connectivity index (χ1n) is 11.2. The van der Waals surface area contributed by atoms with Gasteiger partial charge in [-0.1, -0.05) is 36.9 Å². The number of hydrogen-bond acceptors (Lipinski definition) is 9. The smallest absolute Gasteiger partial charge is 0.257 e. The monoisotopic (exact) mass is 562 g/mol. The summed E-state index contributed by atoms with van der Waals surface area (Å²) < 4.78 is 27.0. The number of nitrogens with zero attached hydrogens (tertiary/aromatic N) is 3. The van der Waals surface area contributed by atoms with Gasteiger partial charge < -0.3 is 10.6 Å². The van der Waals surface area contributed by atoms with Gasteiger partial charge in [0.05, 0.1) is 10.6 Å². The molecule has 14 heteroatoms. The Morgan fingerprint density at radius 1 is 0.892 bits per heavy atom. The number of rotatable bonds is 11. The van der Waals surface area contributed by atoms with Gasteiger partial charge in [0.25, 0.3) is 5.91 Å². The van der Waals surface area contributed by atoms with E-state index in [2.05, 4.69) is 26.1 Å². The number of benzene rings is 2. The van der Waals surface area contributed by atoms with Gasteiger partial charge in [0.15, 0.2) is 4.34 Å². The minimum Gasteiger partial charge on any atom is -0.326 e. The van der Waals surface area contributed by atoms with Gasteiger partial charge in [-0.05, 0) is 48.5 Å². The van der Waals surface area contributed by atoms with Gasteiger partial charge >= 0.3 is 0 Å². The van der Waals surface area contributed by atoms with E-state index in [1.165, 1.54) is 47.3 Å². The lowest BCUT2D eigenvalue weighted by Gasteiger charge is -2.18. The van der Waals surface area contributed by atoms with E-state index in [0.717, 1.165) is 11.3 Å². The van der Waals surface area contributed by atoms with E-state index in [-0.39, 0.29) is 33.2 Å². The number of nitrogens with one attached hydrogen (secondary N) is 3. The predicted molar refractivity (Wildman–Crippen MR) is 145 cm³/mol. The number of thioether (sulfide) groups is 1. The molecule has 3 amide bonds. The highest BCUT2D eigenvalue weighted by molar-refractivity contribution is 8.01. The molecule has 2 aromatic carbocycles. The molecule has 0 aliphatic carbocycles. The van der Waals surface area contributed by atoms with Crippen molar-refractivity contribution in [3.8, 4) is 0 Å². The molecule has 3 rings (SSSR count). The van der Waals surface area contributed by atoms with Crippen molar-refractivity contribution in [2.45, 2.75) is 30.0 Å². The van der Waals surface area contributed by atoms with Crippen molar-refractivity contribution in [2.75, 3.05) is 34.8 Å². The molecule has 1 heterocycles. The Morgan fingerprint density at radius 2 is 1.49 bits per heavy atom. The summed E-state index contributed by atoms with van der Waals surface area (Å²) in [5, 5.41) is 16.2. The van der Waals surface area contributed by atoms with E-state index < -0.39 is 15.9 Å². The van der Waals surface area contributed by atoms with Crippen molar-refractivity contribution in [1.82, 2.24) is 14.5 Å². The van der Waals surface area contributed by atoms with Crippen molar-refractivity contribution < 1.29 is 22.8 Å². The van der Waals surface area contributed by atoms with E-state index in [0.29, 0.717) is 28.8 Å². The lowest BCUT2D eigenvalue weighted by molar-refractivity contribution is -0.114. The maximum absolute atomic E-state index is 12.6. The molecule has 11 nitrogen and oxygen atoms in total. The maximum atomic E-state index is 12.6. The van der Waals surface area contributed by atoms with Crippen molar-refractivity contribution in [3.05, 3.63) is 54.1 Å². The van der Waals surface area contributed by atoms with Crippen LogP contribution >= 0.6 is 23.1 Å². The fraction of sp³-hybridized carbons (Fsp3) is 0.261. The Bertz CT molecular complexity index is 1350. The summed E-state index contributed by atoms with van der Waals surface area (Å²) in [6.45, 7) is 5.65. The lowest BCUT2D eigenvalue weighted by Crippen LogP contribution is -2.30. The summed E-state index contributed by atoms with van der Waals surface area (Å²) in [7, 11) is -3.61. The van der Waals surface area contributed by atoms with Gasteiger partial charge in [0.2, 0.25) is 27.0 Å². The second-order valence-electron chi connectivity index (χ2n) is 7.54. The van der Waals surface area contributed by atoms with Crippen LogP contribution in [0.1, 0.15) is 31.1 Å². The lowest BCUT2D eigenvalue weighted by atomic mass is 10.2. The second-order valence-corrected chi connectivity index (χ2v) is 11.7. The van der Waals surface area contributed by atoms with E-state index in [9.17, 15) is 22.8 Å². The summed E-state index contributed by atoms with van der Waals surface area (Å²) in [6, 6.07) is 12.4. The molecule has 0 spiro atoms. The molecule has 0 fully saturated rings. The summed E-state index contributed by atoms with van der Waals surface area (Å²) in [4.78, 5) is 36.0. The average Bonchev–Trinajstić information content (AvgIpc) is 3.31. The number of anilines is 3. The van der Waals surface area contributed by atoms with Gasteiger partial charge in [-0.15, -0.1) is 10.2 Å². The van der Waals surface area contributed by atoms with Crippen LogP contribution in [0.25, 0.3) is 0 Å². The van der Waals surface area contributed by atoms with Crippen LogP contribution in [0.15, 0.2) is 57.8 Å². The van der Waals surface area contributed by atoms with Crippen LogP contribution in [0.2, 0.25) is 0 Å². The zero-order valence-electron chi connectivity index (χ0n) is 20.3. The van der Waals surface area contributed by atoms with Crippen LogP contribution in [0.4, 0.5) is 16.5 Å². The molecule has 0 radical (unpaired) electrons. The molecule has 0 bridgehead atoms. The largest absolute Gasteiger partial charge is 0.326 e. The molecular formula is C23H26N6O5S3. The molecule has 37 heavy (non-hydrogen) atoms. The van der Waals surface area contributed by atoms with Crippen molar-refractivity contribution in [1.29, 1.82) is 0 Å². The Kier molecular flexibility index (Phi) is 9.74. The molecule has 0 aliphatic rings. The Balaban J connectivity index is 1.51. The molecule has 1 aromatic heterocycles. The highest BCUT2D eigenvalue weighted by Gasteiger charge is 2.22. The number of carbonyl (C=O) groups is 3. The topological polar surface area (TPSA) is 150 Å². The Hall–Kier alpha value is -3.33. The molecule has 0 saturated heterocycles. The van der Waals surface area contributed by atoms with Crippen LogP contribution in [0.3, 0.4) is 0 Å². The first kappa shape index (κ1) is 28.2. The summed E-state index contributed by atoms with van der Waals surface area (Å²) >= 11 is 2.28. The second kappa shape index (κ2) is 12.8. The highest BCUT2D eigenvalue weighted by Crippen LogP contribution is 2.26. The molecular weight excluding hydrogens is 536 g/mol. The Labute approximate surface area is 223 Å². The summed E-state index contributed by atoms with van der Waals surface area (Å²) in [5.74, 6) is -0.809. The van der Waals surface area contributed by atoms with Gasteiger partial charge in [0, 0.05) is 37.0 Å². The van der Waals surface area contributed by atoms with Crippen LogP contribution in [-0.4, -0.2) is 59.5 Å². The molecule has 3 N–H and O–H groups in total. The number of sulfonamides is 1. The van der Waals surface area contributed by atoms with Crippen molar-refractivity contribution in [2.24, 2.45) is 0 Å². The first-order chi connectivity index (χ1) is 17.6. The van der Waals surface area contributed by atoms with Crippen LogP contribution < -0.4 is 16.0 Å². The number of hydrogen-bond donors (Lipinski definition) is 3. The third-order valence-electron chi connectivity index (χ3n) is 4.90. The molecule has 0 aliphatic heterocycles. The predicted octanol–water partition coefficient (Wildman–Crippen LogP) is 3.51. The molecule has 3 aromatic rings. The first-order valence-corrected chi connectivity index (χ1v) is 14.4. The summed E-state index contributed by atoms with van der Waals surface area (Å²) in [5.41, 5.74) is 1.48. The highest BCUT2D eigenvalue weighted by atomic mass is 32.2.